The monoisotopic (exact) mass is 736 g/mol. The average Bonchev–Trinajstić information content (AvgIpc) is 3.66. The first-order chi connectivity index (χ1) is 28.0. The maximum atomic E-state index is 5.09. The third-order valence-corrected chi connectivity index (χ3v) is 14.0. The lowest BCUT2D eigenvalue weighted by atomic mass is 9.67. The van der Waals surface area contributed by atoms with Crippen molar-refractivity contribution in [1.82, 2.24) is 9.97 Å². The minimum atomic E-state index is 0.0636. The second-order valence-corrected chi connectivity index (χ2v) is 17.5. The molecule has 5 aliphatic rings. The van der Waals surface area contributed by atoms with Crippen molar-refractivity contribution in [2.45, 2.75) is 81.5 Å². The van der Waals surface area contributed by atoms with E-state index in [1.54, 1.807) is 27.8 Å². The lowest BCUT2D eigenvalue weighted by molar-refractivity contribution is 0.352. The summed E-state index contributed by atoms with van der Waals surface area (Å²) in [6.07, 6.45) is 24.3. The molecule has 2 heteroatoms. The first-order valence-corrected chi connectivity index (χ1v) is 21.2. The summed E-state index contributed by atoms with van der Waals surface area (Å²) in [6.45, 7) is 4.89. The van der Waals surface area contributed by atoms with E-state index >= 15 is 0 Å². The van der Waals surface area contributed by atoms with Crippen LogP contribution >= 0.6 is 0 Å². The zero-order valence-corrected chi connectivity index (χ0v) is 33.0. The predicted molar refractivity (Wildman–Crippen MR) is 236 cm³/mol. The molecule has 11 rings (SSSR count). The molecule has 0 N–H and O–H groups in total. The summed E-state index contributed by atoms with van der Waals surface area (Å²) in [5.74, 6) is 1.54. The highest BCUT2D eigenvalue weighted by molar-refractivity contribution is 5.86. The van der Waals surface area contributed by atoms with Gasteiger partial charge in [0.1, 0.15) is 0 Å². The fourth-order valence-electron chi connectivity index (χ4n) is 11.0. The zero-order valence-electron chi connectivity index (χ0n) is 33.0. The highest BCUT2D eigenvalue weighted by Crippen LogP contribution is 2.61. The third-order valence-electron chi connectivity index (χ3n) is 14.0. The topological polar surface area (TPSA) is 25.8 Å². The fourth-order valence-corrected chi connectivity index (χ4v) is 11.0. The molecule has 0 radical (unpaired) electrons. The first-order valence-electron chi connectivity index (χ1n) is 21.2. The molecule has 2 unspecified atom stereocenters. The van der Waals surface area contributed by atoms with Gasteiger partial charge in [0.05, 0.1) is 11.4 Å². The number of fused-ring (bicyclic) bond motifs is 8. The average molecular weight is 737 g/mol. The molecule has 5 aromatic carbocycles. The van der Waals surface area contributed by atoms with Gasteiger partial charge < -0.3 is 0 Å². The van der Waals surface area contributed by atoms with Gasteiger partial charge in [-0.25, -0.2) is 9.97 Å². The van der Waals surface area contributed by atoms with Crippen LogP contribution in [0.5, 0.6) is 0 Å². The fraction of sp³-hybridized carbons (Fsp3) is 0.236. The molecular weight excluding hydrogens is 689 g/mol. The van der Waals surface area contributed by atoms with Crippen LogP contribution in [0.15, 0.2) is 163 Å². The van der Waals surface area contributed by atoms with Crippen molar-refractivity contribution >= 4 is 0 Å². The normalized spacial score (nSPS) is 20.5. The minimum Gasteiger partial charge on any atom is -0.232 e. The summed E-state index contributed by atoms with van der Waals surface area (Å²) in [5.41, 5.74) is 20.2. The van der Waals surface area contributed by atoms with E-state index in [1.807, 2.05) is 6.07 Å². The summed E-state index contributed by atoms with van der Waals surface area (Å²) >= 11 is 0. The van der Waals surface area contributed by atoms with E-state index in [2.05, 4.69) is 166 Å². The third kappa shape index (κ3) is 5.59. The van der Waals surface area contributed by atoms with Gasteiger partial charge in [-0.1, -0.05) is 172 Å². The van der Waals surface area contributed by atoms with Crippen molar-refractivity contribution in [3.05, 3.63) is 191 Å². The zero-order chi connectivity index (χ0) is 38.1. The van der Waals surface area contributed by atoms with E-state index in [0.717, 1.165) is 41.2 Å². The van der Waals surface area contributed by atoms with Crippen LogP contribution < -0.4 is 0 Å². The maximum absolute atomic E-state index is 5.09. The summed E-state index contributed by atoms with van der Waals surface area (Å²) in [6, 6.07) is 43.3. The molecule has 1 fully saturated rings. The van der Waals surface area contributed by atoms with Gasteiger partial charge >= 0.3 is 0 Å². The number of allylic oxidation sites excluding steroid dienone is 8. The molecule has 278 valence electrons. The van der Waals surface area contributed by atoms with Crippen LogP contribution in [0.4, 0.5) is 0 Å². The second kappa shape index (κ2) is 13.4. The van der Waals surface area contributed by atoms with Crippen LogP contribution in [0.1, 0.15) is 98.6 Å². The summed E-state index contributed by atoms with van der Waals surface area (Å²) < 4.78 is 0. The molecule has 0 saturated heterocycles. The van der Waals surface area contributed by atoms with E-state index in [0.29, 0.717) is 5.92 Å². The highest BCUT2D eigenvalue weighted by Gasteiger charge is 2.48. The van der Waals surface area contributed by atoms with Crippen molar-refractivity contribution < 1.29 is 0 Å². The van der Waals surface area contributed by atoms with Crippen LogP contribution in [0.2, 0.25) is 0 Å². The van der Waals surface area contributed by atoms with Gasteiger partial charge in [-0.15, -0.1) is 0 Å². The number of benzene rings is 5. The van der Waals surface area contributed by atoms with Gasteiger partial charge in [-0.2, -0.15) is 0 Å². The molecule has 57 heavy (non-hydrogen) atoms. The van der Waals surface area contributed by atoms with Crippen molar-refractivity contribution in [1.29, 1.82) is 0 Å². The SMILES string of the molecule is CC1(C)C2=CC=CCC2c2cc3c(cc21)-c1ccc(-c2cccc(-c4ccc(-c5cc(C6C=CC=CC6)nc(-c6ccccc6)n5)cc4)c2)cc1C31CCCCC1. The van der Waals surface area contributed by atoms with E-state index < -0.39 is 0 Å². The molecule has 0 amide bonds. The van der Waals surface area contributed by atoms with Gasteiger partial charge in [0.15, 0.2) is 5.82 Å². The Morgan fingerprint density at radius 2 is 1.26 bits per heavy atom. The summed E-state index contributed by atoms with van der Waals surface area (Å²) in [5, 5.41) is 0. The summed E-state index contributed by atoms with van der Waals surface area (Å²) in [7, 11) is 0. The Labute approximate surface area is 337 Å². The Morgan fingerprint density at radius 3 is 2.07 bits per heavy atom. The Kier molecular flexibility index (Phi) is 8.07. The molecule has 2 atom stereocenters. The quantitative estimate of drug-likeness (QED) is 0.176. The van der Waals surface area contributed by atoms with E-state index in [4.69, 9.17) is 9.97 Å². The Hall–Kier alpha value is -5.86. The van der Waals surface area contributed by atoms with E-state index in [-0.39, 0.29) is 16.7 Å². The molecule has 6 aromatic rings. The number of rotatable bonds is 5. The lowest BCUT2D eigenvalue weighted by Gasteiger charge is -2.36. The van der Waals surface area contributed by atoms with Crippen LogP contribution in [-0.4, -0.2) is 9.97 Å². The molecular formula is C55H48N2. The number of aromatic nitrogens is 2. The van der Waals surface area contributed by atoms with E-state index in [1.165, 1.54) is 65.5 Å². The molecule has 0 aliphatic heterocycles. The van der Waals surface area contributed by atoms with Gasteiger partial charge in [0.25, 0.3) is 0 Å². The van der Waals surface area contributed by atoms with Crippen molar-refractivity contribution in [2.24, 2.45) is 0 Å². The Balaban J connectivity index is 0.937. The Morgan fingerprint density at radius 1 is 0.544 bits per heavy atom. The lowest BCUT2D eigenvalue weighted by Crippen LogP contribution is -2.28. The van der Waals surface area contributed by atoms with Gasteiger partial charge in [0, 0.05) is 33.8 Å². The largest absolute Gasteiger partial charge is 0.232 e. The van der Waals surface area contributed by atoms with Crippen molar-refractivity contribution in [3.63, 3.8) is 0 Å². The standard InChI is InChI=1S/C55H48N2/c1-54(2)47-22-11-10-21-43(47)45-34-50-46(33-48(45)54)44-28-27-42(32-49(44)55(50)29-12-5-13-30-55)41-20-14-19-40(31-41)36-23-25-38(26-24-36)52-35-51(37-15-6-3-7-16-37)56-53(57-52)39-17-8-4-9-18-39/h3-4,6-11,14-15,17-20,22-28,31-35,37,43H,5,12-13,16,21,29-30H2,1-2H3. The van der Waals surface area contributed by atoms with Gasteiger partial charge in [-0.05, 0) is 106 Å². The van der Waals surface area contributed by atoms with Crippen LogP contribution in [0.3, 0.4) is 0 Å². The van der Waals surface area contributed by atoms with Crippen molar-refractivity contribution in [2.75, 3.05) is 0 Å². The van der Waals surface area contributed by atoms with Crippen LogP contribution in [0.25, 0.3) is 56.0 Å². The molecule has 1 heterocycles. The number of hydrogen-bond donors (Lipinski definition) is 0. The molecule has 1 spiro atoms. The smallest absolute Gasteiger partial charge is 0.160 e. The second-order valence-electron chi connectivity index (χ2n) is 17.5. The predicted octanol–water partition coefficient (Wildman–Crippen LogP) is 14.2. The van der Waals surface area contributed by atoms with Crippen LogP contribution in [-0.2, 0) is 10.8 Å². The number of nitrogens with zero attached hydrogens (tertiary/aromatic N) is 2. The maximum Gasteiger partial charge on any atom is 0.160 e. The molecule has 2 nitrogen and oxygen atoms in total. The molecule has 5 aliphatic carbocycles. The minimum absolute atomic E-state index is 0.0636. The highest BCUT2D eigenvalue weighted by atomic mass is 14.9. The molecule has 1 aromatic heterocycles. The molecule has 0 bridgehead atoms. The van der Waals surface area contributed by atoms with Gasteiger partial charge in [-0.3, -0.25) is 0 Å². The van der Waals surface area contributed by atoms with E-state index in [9.17, 15) is 0 Å². The molecule has 1 saturated carbocycles. The number of hydrogen-bond acceptors (Lipinski definition) is 2. The first kappa shape index (κ1) is 34.4. The van der Waals surface area contributed by atoms with Gasteiger partial charge in [0.2, 0.25) is 0 Å². The van der Waals surface area contributed by atoms with Crippen LogP contribution in [0, 0.1) is 0 Å². The summed E-state index contributed by atoms with van der Waals surface area (Å²) in [4.78, 5) is 10.1. The van der Waals surface area contributed by atoms with Crippen molar-refractivity contribution in [3.8, 4) is 56.0 Å². The Bertz CT molecular complexity index is 2680.